The number of aromatic hydroxyl groups is 1. The quantitative estimate of drug-likeness (QED) is 0.844. The SMILES string of the molecule is O=C(Cc1ccc(O)c(F)c1)N1CC(n2cc(CO)nn2)C1. The van der Waals surface area contributed by atoms with Crippen molar-refractivity contribution in [3.05, 3.63) is 41.5 Å². The molecule has 2 N–H and O–H groups in total. The molecule has 8 heteroatoms. The van der Waals surface area contributed by atoms with Crippen LogP contribution in [0, 0.1) is 5.82 Å². The zero-order valence-electron chi connectivity index (χ0n) is 11.7. The lowest BCUT2D eigenvalue weighted by Crippen LogP contribution is -2.51. The molecule has 1 amide bonds. The molecule has 1 saturated heterocycles. The van der Waals surface area contributed by atoms with Crippen LogP contribution in [0.3, 0.4) is 0 Å². The number of amides is 1. The minimum absolute atomic E-state index is 0.0494. The van der Waals surface area contributed by atoms with Crippen LogP contribution in [0.2, 0.25) is 0 Å². The van der Waals surface area contributed by atoms with Gasteiger partial charge in [-0.05, 0) is 17.7 Å². The van der Waals surface area contributed by atoms with Gasteiger partial charge >= 0.3 is 0 Å². The van der Waals surface area contributed by atoms with E-state index in [-0.39, 0.29) is 25.0 Å². The van der Waals surface area contributed by atoms with Gasteiger partial charge in [0.1, 0.15) is 5.69 Å². The molecule has 1 aliphatic rings. The Balaban J connectivity index is 1.55. The first-order valence-electron chi connectivity index (χ1n) is 6.83. The topological polar surface area (TPSA) is 91.5 Å². The number of rotatable bonds is 4. The molecule has 0 spiro atoms. The number of hydrogen-bond donors (Lipinski definition) is 2. The third-order valence-electron chi connectivity index (χ3n) is 3.68. The summed E-state index contributed by atoms with van der Waals surface area (Å²) in [4.78, 5) is 13.7. The van der Waals surface area contributed by atoms with Gasteiger partial charge in [-0.15, -0.1) is 5.10 Å². The molecule has 22 heavy (non-hydrogen) atoms. The van der Waals surface area contributed by atoms with Crippen LogP contribution in [0.15, 0.2) is 24.4 Å². The van der Waals surface area contributed by atoms with Crippen molar-refractivity contribution in [1.29, 1.82) is 0 Å². The summed E-state index contributed by atoms with van der Waals surface area (Å²) in [6.45, 7) is 0.850. The van der Waals surface area contributed by atoms with Gasteiger partial charge in [-0.2, -0.15) is 0 Å². The Morgan fingerprint density at radius 1 is 1.41 bits per heavy atom. The summed E-state index contributed by atoms with van der Waals surface area (Å²) < 4.78 is 14.9. The lowest BCUT2D eigenvalue weighted by molar-refractivity contribution is -0.136. The maximum Gasteiger partial charge on any atom is 0.227 e. The maximum atomic E-state index is 13.2. The van der Waals surface area contributed by atoms with Crippen molar-refractivity contribution in [3.8, 4) is 5.75 Å². The second-order valence-electron chi connectivity index (χ2n) is 5.26. The fourth-order valence-corrected chi connectivity index (χ4v) is 2.34. The van der Waals surface area contributed by atoms with E-state index < -0.39 is 11.6 Å². The van der Waals surface area contributed by atoms with Crippen LogP contribution in [0.1, 0.15) is 17.3 Å². The number of nitrogens with zero attached hydrogens (tertiary/aromatic N) is 4. The average Bonchev–Trinajstić information content (AvgIpc) is 2.90. The van der Waals surface area contributed by atoms with E-state index in [9.17, 15) is 9.18 Å². The van der Waals surface area contributed by atoms with Gasteiger partial charge in [-0.25, -0.2) is 9.07 Å². The molecule has 2 aromatic rings. The summed E-state index contributed by atoms with van der Waals surface area (Å²) in [6.07, 6.45) is 1.74. The Bertz CT molecular complexity index is 697. The number of carbonyl (C=O) groups excluding carboxylic acids is 1. The van der Waals surface area contributed by atoms with E-state index in [0.717, 1.165) is 6.07 Å². The molecular formula is C14H15FN4O3. The highest BCUT2D eigenvalue weighted by Crippen LogP contribution is 2.22. The van der Waals surface area contributed by atoms with E-state index in [1.165, 1.54) is 12.1 Å². The highest BCUT2D eigenvalue weighted by molar-refractivity contribution is 5.79. The number of carbonyl (C=O) groups is 1. The van der Waals surface area contributed by atoms with Gasteiger partial charge in [0.05, 0.1) is 25.3 Å². The van der Waals surface area contributed by atoms with Crippen LogP contribution in [0.4, 0.5) is 4.39 Å². The molecule has 1 aromatic carbocycles. The van der Waals surface area contributed by atoms with Crippen molar-refractivity contribution >= 4 is 5.91 Å². The third kappa shape index (κ3) is 2.77. The van der Waals surface area contributed by atoms with Crippen LogP contribution < -0.4 is 0 Å². The van der Waals surface area contributed by atoms with Crippen molar-refractivity contribution < 1.29 is 19.4 Å². The summed E-state index contributed by atoms with van der Waals surface area (Å²) in [5, 5.41) is 25.8. The molecule has 0 radical (unpaired) electrons. The summed E-state index contributed by atoms with van der Waals surface area (Å²) >= 11 is 0. The van der Waals surface area contributed by atoms with Crippen LogP contribution in [-0.2, 0) is 17.8 Å². The molecule has 1 aromatic heterocycles. The second kappa shape index (κ2) is 5.72. The number of phenols is 1. The van der Waals surface area contributed by atoms with E-state index in [2.05, 4.69) is 10.3 Å². The minimum Gasteiger partial charge on any atom is -0.505 e. The molecule has 0 unspecified atom stereocenters. The molecule has 0 atom stereocenters. The largest absolute Gasteiger partial charge is 0.505 e. The Kier molecular flexibility index (Phi) is 3.76. The molecule has 3 rings (SSSR count). The zero-order chi connectivity index (χ0) is 15.7. The number of aromatic nitrogens is 3. The van der Waals surface area contributed by atoms with Crippen molar-refractivity contribution in [1.82, 2.24) is 19.9 Å². The van der Waals surface area contributed by atoms with Gasteiger partial charge in [0.15, 0.2) is 11.6 Å². The lowest BCUT2D eigenvalue weighted by Gasteiger charge is -2.39. The molecule has 7 nitrogen and oxygen atoms in total. The number of hydrogen-bond acceptors (Lipinski definition) is 5. The number of likely N-dealkylation sites (tertiary alicyclic amines) is 1. The minimum atomic E-state index is -0.731. The van der Waals surface area contributed by atoms with Gasteiger partial charge in [0.25, 0.3) is 0 Å². The lowest BCUT2D eigenvalue weighted by atomic mass is 10.1. The standard InChI is InChI=1S/C14H15FN4O3/c15-12-3-9(1-2-13(12)21)4-14(22)18-6-11(7-18)19-5-10(8-20)16-17-19/h1-3,5,11,20-21H,4,6-8H2. The highest BCUT2D eigenvalue weighted by Gasteiger charge is 2.32. The molecule has 2 heterocycles. The number of phenolic OH excluding ortho intramolecular Hbond substituents is 1. The Labute approximate surface area is 125 Å². The van der Waals surface area contributed by atoms with Crippen molar-refractivity contribution in [2.45, 2.75) is 19.1 Å². The maximum absolute atomic E-state index is 13.2. The smallest absolute Gasteiger partial charge is 0.227 e. The van der Waals surface area contributed by atoms with E-state index in [1.54, 1.807) is 15.8 Å². The first kappa shape index (κ1) is 14.5. The van der Waals surface area contributed by atoms with E-state index >= 15 is 0 Å². The summed E-state index contributed by atoms with van der Waals surface area (Å²) in [6, 6.07) is 3.98. The van der Waals surface area contributed by atoms with Crippen molar-refractivity contribution in [2.75, 3.05) is 13.1 Å². The molecule has 1 aliphatic heterocycles. The molecule has 116 valence electrons. The summed E-state index contributed by atoms with van der Waals surface area (Å²) in [7, 11) is 0. The first-order chi connectivity index (χ1) is 10.6. The Hall–Kier alpha value is -2.48. The van der Waals surface area contributed by atoms with E-state index in [1.807, 2.05) is 0 Å². The van der Waals surface area contributed by atoms with Gasteiger partial charge in [-0.3, -0.25) is 4.79 Å². The van der Waals surface area contributed by atoms with Gasteiger partial charge in [-0.1, -0.05) is 11.3 Å². The first-order valence-corrected chi connectivity index (χ1v) is 6.83. The van der Waals surface area contributed by atoms with Crippen LogP contribution in [0.5, 0.6) is 5.75 Å². The third-order valence-corrected chi connectivity index (χ3v) is 3.68. The number of benzene rings is 1. The molecule has 1 fully saturated rings. The fourth-order valence-electron chi connectivity index (χ4n) is 2.34. The summed E-state index contributed by atoms with van der Waals surface area (Å²) in [5.74, 6) is -1.26. The number of aliphatic hydroxyl groups is 1. The molecule has 0 bridgehead atoms. The second-order valence-corrected chi connectivity index (χ2v) is 5.26. The van der Waals surface area contributed by atoms with Crippen LogP contribution >= 0.6 is 0 Å². The monoisotopic (exact) mass is 306 g/mol. The van der Waals surface area contributed by atoms with Gasteiger partial charge < -0.3 is 15.1 Å². The van der Waals surface area contributed by atoms with Crippen molar-refractivity contribution in [2.24, 2.45) is 0 Å². The average molecular weight is 306 g/mol. The number of aliphatic hydroxyl groups excluding tert-OH is 1. The molecular weight excluding hydrogens is 291 g/mol. The van der Waals surface area contributed by atoms with E-state index in [4.69, 9.17) is 10.2 Å². The van der Waals surface area contributed by atoms with Gasteiger partial charge in [0.2, 0.25) is 5.91 Å². The fraction of sp³-hybridized carbons (Fsp3) is 0.357. The molecule has 0 aliphatic carbocycles. The predicted molar refractivity (Wildman–Crippen MR) is 73.3 cm³/mol. The Morgan fingerprint density at radius 3 is 2.82 bits per heavy atom. The number of halogens is 1. The summed E-state index contributed by atoms with van der Waals surface area (Å²) in [5.41, 5.74) is 1.01. The molecule has 0 saturated carbocycles. The van der Waals surface area contributed by atoms with Crippen LogP contribution in [0.25, 0.3) is 0 Å². The van der Waals surface area contributed by atoms with Crippen molar-refractivity contribution in [3.63, 3.8) is 0 Å². The normalized spacial score (nSPS) is 14.9. The van der Waals surface area contributed by atoms with Crippen LogP contribution in [-0.4, -0.2) is 49.1 Å². The highest BCUT2D eigenvalue weighted by atomic mass is 19.1. The zero-order valence-corrected chi connectivity index (χ0v) is 11.7. The Morgan fingerprint density at radius 2 is 2.18 bits per heavy atom. The predicted octanol–water partition coefficient (Wildman–Crippen LogP) is 0.241. The van der Waals surface area contributed by atoms with E-state index in [0.29, 0.717) is 24.3 Å². The van der Waals surface area contributed by atoms with Gasteiger partial charge in [0, 0.05) is 13.1 Å².